The molecule has 0 saturated heterocycles. The van der Waals surface area contributed by atoms with Crippen molar-refractivity contribution in [3.05, 3.63) is 60.4 Å². The number of rotatable bonds is 3. The lowest BCUT2D eigenvalue weighted by Gasteiger charge is -2.04. The first-order chi connectivity index (χ1) is 10.2. The molecule has 2 aromatic carbocycles. The Bertz CT molecular complexity index is 779. The molecule has 0 amide bonds. The van der Waals surface area contributed by atoms with Gasteiger partial charge < -0.3 is 9.08 Å². The maximum atomic E-state index is 11.0. The second kappa shape index (κ2) is 5.63. The number of hydrogen-bond acceptors (Lipinski definition) is 3. The van der Waals surface area contributed by atoms with E-state index in [0.717, 1.165) is 22.4 Å². The smallest absolute Gasteiger partial charge is 0.186 e. The highest BCUT2D eigenvalue weighted by Gasteiger charge is 2.16. The molecular formula is C16H13NO3S. The molecule has 21 heavy (non-hydrogen) atoms. The van der Waals surface area contributed by atoms with E-state index in [1.165, 1.54) is 0 Å². The molecule has 1 heterocycles. The molecule has 0 bridgehead atoms. The van der Waals surface area contributed by atoms with Gasteiger partial charge in [-0.15, -0.1) is 0 Å². The highest BCUT2D eigenvalue weighted by atomic mass is 32.2. The van der Waals surface area contributed by atoms with E-state index in [9.17, 15) is 4.21 Å². The van der Waals surface area contributed by atoms with Crippen LogP contribution >= 0.6 is 0 Å². The van der Waals surface area contributed by atoms with E-state index in [-0.39, 0.29) is 0 Å². The minimum absolute atomic E-state index is 0.370. The van der Waals surface area contributed by atoms with Crippen molar-refractivity contribution in [3.63, 3.8) is 0 Å². The zero-order valence-corrected chi connectivity index (χ0v) is 12.1. The van der Waals surface area contributed by atoms with Crippen molar-refractivity contribution in [3.8, 4) is 22.4 Å². The van der Waals surface area contributed by atoms with Crippen molar-refractivity contribution in [2.45, 2.75) is 11.8 Å². The van der Waals surface area contributed by atoms with Crippen molar-refractivity contribution < 1.29 is 13.3 Å². The highest BCUT2D eigenvalue weighted by molar-refractivity contribution is 7.79. The van der Waals surface area contributed by atoms with Gasteiger partial charge in [-0.05, 0) is 24.6 Å². The van der Waals surface area contributed by atoms with Gasteiger partial charge in [0.1, 0.15) is 11.5 Å². The molecule has 0 fully saturated rings. The molecule has 0 aliphatic carbocycles. The van der Waals surface area contributed by atoms with E-state index in [2.05, 4.69) is 5.16 Å². The lowest BCUT2D eigenvalue weighted by molar-refractivity contribution is 0.400. The summed E-state index contributed by atoms with van der Waals surface area (Å²) in [6.07, 6.45) is 0. The molecule has 0 radical (unpaired) electrons. The Balaban J connectivity index is 2.10. The third kappa shape index (κ3) is 2.66. The van der Waals surface area contributed by atoms with Crippen LogP contribution in [0.15, 0.2) is 64.0 Å². The topological polar surface area (TPSA) is 63.3 Å². The van der Waals surface area contributed by atoms with Gasteiger partial charge in [0.05, 0.1) is 10.5 Å². The zero-order chi connectivity index (χ0) is 14.8. The molecule has 106 valence electrons. The van der Waals surface area contributed by atoms with Crippen molar-refractivity contribution in [2.24, 2.45) is 0 Å². The van der Waals surface area contributed by atoms with E-state index < -0.39 is 11.1 Å². The summed E-state index contributed by atoms with van der Waals surface area (Å²) < 4.78 is 25.4. The van der Waals surface area contributed by atoms with Crippen LogP contribution in [-0.2, 0) is 11.1 Å². The van der Waals surface area contributed by atoms with Gasteiger partial charge in [-0.25, -0.2) is 4.21 Å². The maximum absolute atomic E-state index is 11.0. The molecule has 4 nitrogen and oxygen atoms in total. The average Bonchev–Trinajstić information content (AvgIpc) is 2.90. The highest BCUT2D eigenvalue weighted by Crippen LogP contribution is 2.34. The predicted molar refractivity (Wildman–Crippen MR) is 81.1 cm³/mol. The van der Waals surface area contributed by atoms with Gasteiger partial charge in [-0.1, -0.05) is 47.6 Å². The van der Waals surface area contributed by atoms with Gasteiger partial charge >= 0.3 is 0 Å². The second-order valence-electron chi connectivity index (χ2n) is 4.60. The van der Waals surface area contributed by atoms with Crippen LogP contribution in [0.3, 0.4) is 0 Å². The van der Waals surface area contributed by atoms with Gasteiger partial charge in [0.25, 0.3) is 0 Å². The maximum Gasteiger partial charge on any atom is 0.186 e. The monoisotopic (exact) mass is 299 g/mol. The molecule has 3 rings (SSSR count). The molecule has 0 spiro atoms. The SMILES string of the molecule is Cc1onc(-c2ccccc2)c1-c1ccc(S(=O)O)cc1. The van der Waals surface area contributed by atoms with Crippen LogP contribution in [0, 0.1) is 6.92 Å². The second-order valence-corrected chi connectivity index (χ2v) is 5.57. The van der Waals surface area contributed by atoms with Crippen molar-refractivity contribution in [1.82, 2.24) is 5.16 Å². The Labute approximate surface area is 124 Å². The van der Waals surface area contributed by atoms with Crippen LogP contribution in [0.2, 0.25) is 0 Å². The lowest BCUT2D eigenvalue weighted by Crippen LogP contribution is -1.89. The summed E-state index contributed by atoms with van der Waals surface area (Å²) in [7, 11) is 0. The molecular weight excluding hydrogens is 286 g/mol. The van der Waals surface area contributed by atoms with E-state index in [4.69, 9.17) is 9.08 Å². The fourth-order valence-corrected chi connectivity index (χ4v) is 2.61. The summed E-state index contributed by atoms with van der Waals surface area (Å²) in [5.41, 5.74) is 3.54. The summed E-state index contributed by atoms with van der Waals surface area (Å²) in [4.78, 5) is 0.370. The lowest BCUT2D eigenvalue weighted by atomic mass is 10.00. The molecule has 3 aromatic rings. The minimum Gasteiger partial charge on any atom is -0.360 e. The number of aryl methyl sites for hydroxylation is 1. The first-order valence-corrected chi connectivity index (χ1v) is 7.50. The van der Waals surface area contributed by atoms with Crippen LogP contribution in [0.1, 0.15) is 5.76 Å². The Kier molecular flexibility index (Phi) is 3.68. The molecule has 0 aliphatic heterocycles. The van der Waals surface area contributed by atoms with E-state index in [1.807, 2.05) is 37.3 Å². The summed E-state index contributed by atoms with van der Waals surface area (Å²) in [6, 6.07) is 16.6. The van der Waals surface area contributed by atoms with Crippen LogP contribution < -0.4 is 0 Å². The van der Waals surface area contributed by atoms with Crippen LogP contribution in [0.25, 0.3) is 22.4 Å². The van der Waals surface area contributed by atoms with Crippen molar-refractivity contribution in [2.75, 3.05) is 0 Å². The summed E-state index contributed by atoms with van der Waals surface area (Å²) in [6.45, 7) is 1.85. The van der Waals surface area contributed by atoms with Gasteiger partial charge in [0.15, 0.2) is 11.1 Å². The number of aromatic nitrogens is 1. The van der Waals surface area contributed by atoms with Gasteiger partial charge in [0, 0.05) is 5.56 Å². The number of nitrogens with zero attached hydrogens (tertiary/aromatic N) is 1. The first-order valence-electron chi connectivity index (χ1n) is 6.40. The molecule has 1 N–H and O–H groups in total. The number of hydrogen-bond donors (Lipinski definition) is 1. The Morgan fingerprint density at radius 2 is 1.67 bits per heavy atom. The Hall–Kier alpha value is -2.24. The average molecular weight is 299 g/mol. The largest absolute Gasteiger partial charge is 0.360 e. The van der Waals surface area contributed by atoms with Gasteiger partial charge in [-0.2, -0.15) is 0 Å². The quantitative estimate of drug-likeness (QED) is 0.745. The normalized spacial score (nSPS) is 12.3. The van der Waals surface area contributed by atoms with Crippen LogP contribution in [0.5, 0.6) is 0 Å². The fourth-order valence-electron chi connectivity index (χ4n) is 2.24. The molecule has 5 heteroatoms. The van der Waals surface area contributed by atoms with Gasteiger partial charge in [-0.3, -0.25) is 0 Å². The molecule has 1 atom stereocenters. The van der Waals surface area contributed by atoms with E-state index in [1.54, 1.807) is 24.3 Å². The molecule has 0 saturated carbocycles. The standard InChI is InChI=1S/C16H13NO3S/c1-11-15(12-7-9-14(10-8-12)21(18)19)16(17-20-11)13-5-3-2-4-6-13/h2-10H,1H3,(H,18,19). The third-order valence-corrected chi connectivity index (χ3v) is 3.93. The molecule has 0 aliphatic rings. The summed E-state index contributed by atoms with van der Waals surface area (Å²) >= 11 is -1.97. The Morgan fingerprint density at radius 1 is 1.00 bits per heavy atom. The Morgan fingerprint density at radius 3 is 2.29 bits per heavy atom. The minimum atomic E-state index is -1.97. The predicted octanol–water partition coefficient (Wildman–Crippen LogP) is 3.90. The first kappa shape index (κ1) is 13.7. The summed E-state index contributed by atoms with van der Waals surface area (Å²) in [5, 5.41) is 4.14. The van der Waals surface area contributed by atoms with Gasteiger partial charge in [0.2, 0.25) is 0 Å². The fraction of sp³-hybridized carbons (Fsp3) is 0.0625. The molecule has 1 aromatic heterocycles. The zero-order valence-electron chi connectivity index (χ0n) is 11.3. The van der Waals surface area contributed by atoms with Crippen molar-refractivity contribution >= 4 is 11.1 Å². The van der Waals surface area contributed by atoms with E-state index in [0.29, 0.717) is 10.7 Å². The number of benzene rings is 2. The summed E-state index contributed by atoms with van der Waals surface area (Å²) in [5.74, 6) is 0.715. The van der Waals surface area contributed by atoms with Crippen LogP contribution in [-0.4, -0.2) is 13.9 Å². The van der Waals surface area contributed by atoms with Crippen LogP contribution in [0.4, 0.5) is 0 Å². The third-order valence-electron chi connectivity index (χ3n) is 3.25. The van der Waals surface area contributed by atoms with E-state index >= 15 is 0 Å². The van der Waals surface area contributed by atoms with Crippen molar-refractivity contribution in [1.29, 1.82) is 0 Å². The molecule has 1 unspecified atom stereocenters.